The molecule has 0 saturated carbocycles. The number of carboxylic acid groups (broad SMARTS) is 4. The first kappa shape index (κ1) is 29.4. The van der Waals surface area contributed by atoms with E-state index in [2.05, 4.69) is 0 Å². The van der Waals surface area contributed by atoms with Crippen LogP contribution in [0.3, 0.4) is 0 Å². The number of rotatable bonds is 9. The third kappa shape index (κ3) is 5.31. The molecule has 0 bridgehead atoms. The monoisotopic (exact) mass is 614 g/mol. The van der Waals surface area contributed by atoms with Crippen LogP contribution in [0.25, 0.3) is 43.8 Å². The zero-order chi connectivity index (χ0) is 32.5. The van der Waals surface area contributed by atoms with Gasteiger partial charge in [0.25, 0.3) is 0 Å². The number of hydrogen-bond donors (Lipinski definition) is 4. The van der Waals surface area contributed by atoms with Crippen LogP contribution in [-0.2, 0) is 0 Å². The summed E-state index contributed by atoms with van der Waals surface area (Å²) in [5.74, 6) is -5.01. The van der Waals surface area contributed by atoms with E-state index in [0.29, 0.717) is 21.9 Å². The lowest BCUT2D eigenvalue weighted by Gasteiger charge is -2.18. The quantitative estimate of drug-likeness (QED) is 0.0946. The standard InChI is InChI=1S/C36H22O10/c37-33(38)21-11-13-25(29(17-21)35(41)42)27-15-9-19-5-1-3-7-23(19)31(27)45-46-32-24-8-4-2-6-20(24)10-16-28(32)26-14-12-22(34(39)40)18-30(26)36(43)44/h1-18H,(H,37,38)(H,39,40)(H,41,42)(H,43,44). The maximum Gasteiger partial charge on any atom is 0.336 e. The minimum Gasteiger partial charge on any atom is -0.478 e. The first-order valence-electron chi connectivity index (χ1n) is 13.7. The summed E-state index contributed by atoms with van der Waals surface area (Å²) in [6.45, 7) is 0. The molecule has 4 N–H and O–H groups in total. The predicted molar refractivity (Wildman–Crippen MR) is 168 cm³/mol. The highest BCUT2D eigenvalue weighted by Crippen LogP contribution is 2.42. The smallest absolute Gasteiger partial charge is 0.336 e. The van der Waals surface area contributed by atoms with Crippen molar-refractivity contribution in [1.82, 2.24) is 0 Å². The number of carboxylic acids is 4. The average molecular weight is 615 g/mol. The van der Waals surface area contributed by atoms with Crippen LogP contribution in [0, 0.1) is 0 Å². The zero-order valence-corrected chi connectivity index (χ0v) is 23.6. The number of aromatic carboxylic acids is 4. The SMILES string of the molecule is O=C(O)c1ccc(-c2ccc3ccccc3c2OOc2c(-c3ccc(C(=O)O)cc3C(=O)O)ccc3ccccc23)c(C(=O)O)c1. The van der Waals surface area contributed by atoms with Crippen LogP contribution in [0.15, 0.2) is 109 Å². The first-order valence-corrected chi connectivity index (χ1v) is 13.7. The molecule has 6 aromatic carbocycles. The van der Waals surface area contributed by atoms with Gasteiger partial charge in [0, 0.05) is 33.0 Å². The van der Waals surface area contributed by atoms with E-state index in [1.807, 2.05) is 24.3 Å². The van der Waals surface area contributed by atoms with Crippen molar-refractivity contribution in [2.75, 3.05) is 0 Å². The summed E-state index contributed by atoms with van der Waals surface area (Å²) < 4.78 is 0. The van der Waals surface area contributed by atoms with Gasteiger partial charge in [0.2, 0.25) is 0 Å². The van der Waals surface area contributed by atoms with Crippen LogP contribution >= 0.6 is 0 Å². The second-order valence-electron chi connectivity index (χ2n) is 10.2. The highest BCUT2D eigenvalue weighted by atomic mass is 17.2. The predicted octanol–water partition coefficient (Wildman–Crippen LogP) is 7.49. The van der Waals surface area contributed by atoms with E-state index in [-0.39, 0.29) is 44.9 Å². The largest absolute Gasteiger partial charge is 0.478 e. The molecule has 6 rings (SSSR count). The van der Waals surface area contributed by atoms with Crippen molar-refractivity contribution in [3.63, 3.8) is 0 Å². The van der Waals surface area contributed by atoms with Crippen LogP contribution < -0.4 is 9.78 Å². The minimum absolute atomic E-state index is 0.127. The lowest BCUT2D eigenvalue weighted by Crippen LogP contribution is -2.08. The number of carbonyl (C=O) groups is 4. The fourth-order valence-corrected chi connectivity index (χ4v) is 5.35. The van der Waals surface area contributed by atoms with Crippen molar-refractivity contribution in [3.8, 4) is 33.8 Å². The fourth-order valence-electron chi connectivity index (χ4n) is 5.35. The second kappa shape index (κ2) is 11.8. The molecule has 10 nitrogen and oxygen atoms in total. The normalized spacial score (nSPS) is 10.9. The van der Waals surface area contributed by atoms with Gasteiger partial charge in [-0.25, -0.2) is 19.2 Å². The van der Waals surface area contributed by atoms with Gasteiger partial charge in [-0.3, -0.25) is 9.78 Å². The van der Waals surface area contributed by atoms with E-state index in [1.165, 1.54) is 24.3 Å². The summed E-state index contributed by atoms with van der Waals surface area (Å²) in [5.41, 5.74) is 0.00739. The third-order valence-corrected chi connectivity index (χ3v) is 7.54. The Labute approximate surface area is 259 Å². The maximum absolute atomic E-state index is 12.3. The van der Waals surface area contributed by atoms with Gasteiger partial charge < -0.3 is 20.4 Å². The Bertz CT molecular complexity index is 2080. The second-order valence-corrected chi connectivity index (χ2v) is 10.2. The Morgan fingerprint density at radius 1 is 0.413 bits per heavy atom. The van der Waals surface area contributed by atoms with Crippen LogP contribution in [0.4, 0.5) is 0 Å². The summed E-state index contributed by atoms with van der Waals surface area (Å²) in [7, 11) is 0. The van der Waals surface area contributed by atoms with Gasteiger partial charge in [0.05, 0.1) is 22.3 Å². The summed E-state index contributed by atoms with van der Waals surface area (Å²) >= 11 is 0. The molecule has 0 unspecified atom stereocenters. The first-order chi connectivity index (χ1) is 22.1. The van der Waals surface area contributed by atoms with Crippen molar-refractivity contribution < 1.29 is 49.4 Å². The van der Waals surface area contributed by atoms with E-state index in [9.17, 15) is 39.6 Å². The molecule has 0 aliphatic rings. The molecule has 0 heterocycles. The summed E-state index contributed by atoms with van der Waals surface area (Å²) in [5, 5.41) is 41.5. The van der Waals surface area contributed by atoms with Gasteiger partial charge in [-0.05, 0) is 47.2 Å². The molecule has 10 heteroatoms. The highest BCUT2D eigenvalue weighted by Gasteiger charge is 2.23. The van der Waals surface area contributed by atoms with Gasteiger partial charge in [-0.15, -0.1) is 0 Å². The van der Waals surface area contributed by atoms with Gasteiger partial charge in [-0.2, -0.15) is 0 Å². The van der Waals surface area contributed by atoms with Gasteiger partial charge in [-0.1, -0.05) is 72.8 Å². The number of hydrogen-bond acceptors (Lipinski definition) is 6. The summed E-state index contributed by atoms with van der Waals surface area (Å²) in [6, 6.07) is 28.6. The van der Waals surface area contributed by atoms with E-state index in [1.54, 1.807) is 48.5 Å². The molecule has 0 spiro atoms. The van der Waals surface area contributed by atoms with Gasteiger partial charge in [0.15, 0.2) is 11.5 Å². The van der Waals surface area contributed by atoms with Crippen LogP contribution in [0.5, 0.6) is 11.5 Å². The third-order valence-electron chi connectivity index (χ3n) is 7.54. The Kier molecular flexibility index (Phi) is 7.53. The van der Waals surface area contributed by atoms with Crippen molar-refractivity contribution in [2.45, 2.75) is 0 Å². The number of fused-ring (bicyclic) bond motifs is 2. The lowest BCUT2D eigenvalue weighted by atomic mass is 9.94. The molecular formula is C36H22O10. The van der Waals surface area contributed by atoms with Crippen LogP contribution in [0.2, 0.25) is 0 Å². The molecule has 0 aliphatic heterocycles. The molecule has 0 amide bonds. The molecule has 0 saturated heterocycles. The molecule has 0 aliphatic carbocycles. The molecular weight excluding hydrogens is 592 g/mol. The Morgan fingerprint density at radius 3 is 1.15 bits per heavy atom. The summed E-state index contributed by atoms with van der Waals surface area (Å²) in [6.07, 6.45) is 0. The maximum atomic E-state index is 12.3. The van der Waals surface area contributed by atoms with Crippen molar-refractivity contribution in [2.24, 2.45) is 0 Å². The molecule has 0 aromatic heterocycles. The lowest BCUT2D eigenvalue weighted by molar-refractivity contribution is -0.0957. The highest BCUT2D eigenvalue weighted by molar-refractivity contribution is 6.05. The molecule has 0 radical (unpaired) electrons. The molecule has 0 fully saturated rings. The Morgan fingerprint density at radius 2 is 0.783 bits per heavy atom. The zero-order valence-electron chi connectivity index (χ0n) is 23.6. The van der Waals surface area contributed by atoms with Crippen LogP contribution in [0.1, 0.15) is 41.4 Å². The molecule has 46 heavy (non-hydrogen) atoms. The topological polar surface area (TPSA) is 168 Å². The van der Waals surface area contributed by atoms with Crippen molar-refractivity contribution in [3.05, 3.63) is 131 Å². The summed E-state index contributed by atoms with van der Waals surface area (Å²) in [4.78, 5) is 59.9. The Balaban J connectivity index is 1.55. The van der Waals surface area contributed by atoms with E-state index < -0.39 is 23.9 Å². The molecule has 226 valence electrons. The average Bonchev–Trinajstić information content (AvgIpc) is 3.06. The van der Waals surface area contributed by atoms with E-state index in [4.69, 9.17) is 9.78 Å². The van der Waals surface area contributed by atoms with Gasteiger partial charge in [0.1, 0.15) is 0 Å². The molecule has 0 atom stereocenters. The Hall–Kier alpha value is -6.68. The van der Waals surface area contributed by atoms with Gasteiger partial charge >= 0.3 is 23.9 Å². The number of benzene rings is 6. The minimum atomic E-state index is -1.35. The van der Waals surface area contributed by atoms with Crippen molar-refractivity contribution >= 4 is 45.4 Å². The molecule has 6 aromatic rings. The fraction of sp³-hybridized carbons (Fsp3) is 0. The van der Waals surface area contributed by atoms with E-state index in [0.717, 1.165) is 22.9 Å². The van der Waals surface area contributed by atoms with Crippen molar-refractivity contribution in [1.29, 1.82) is 0 Å². The van der Waals surface area contributed by atoms with E-state index >= 15 is 0 Å². The van der Waals surface area contributed by atoms with Crippen LogP contribution in [-0.4, -0.2) is 44.3 Å².